The Morgan fingerprint density at radius 2 is 1.10 bits per heavy atom. The Hall–Kier alpha value is 0.1000. The average Bonchev–Trinajstić information content (AvgIpc) is 3.04. The second kappa shape index (κ2) is 4.80. The van der Waals surface area contributed by atoms with Gasteiger partial charge >= 0.3 is 0 Å². The molecule has 0 radical (unpaired) electrons. The van der Waals surface area contributed by atoms with Gasteiger partial charge in [-0.1, -0.05) is 0 Å². The van der Waals surface area contributed by atoms with Crippen molar-refractivity contribution in [2.24, 2.45) is 10.8 Å². The summed E-state index contributed by atoms with van der Waals surface area (Å²) in [5.74, 6) is -0.420. The van der Waals surface area contributed by atoms with Crippen molar-refractivity contribution in [3.63, 3.8) is 0 Å². The predicted octanol–water partition coefficient (Wildman–Crippen LogP) is 2.39. The van der Waals surface area contributed by atoms with Crippen LogP contribution in [0, 0.1) is 10.8 Å². The third-order valence-electron chi connectivity index (χ3n) is 4.21. The van der Waals surface area contributed by atoms with Crippen LogP contribution >= 0.6 is 46.4 Å². The van der Waals surface area contributed by atoms with Crippen LogP contribution in [0.1, 0.15) is 26.7 Å². The maximum absolute atomic E-state index is 11.9. The first-order valence-corrected chi connectivity index (χ1v) is 7.80. The second-order valence-electron chi connectivity index (χ2n) is 5.94. The van der Waals surface area contributed by atoms with Gasteiger partial charge in [0.1, 0.15) is 8.67 Å². The first-order chi connectivity index (χ1) is 8.96. The minimum atomic E-state index is -0.987. The summed E-state index contributed by atoms with van der Waals surface area (Å²) in [7, 11) is 0. The van der Waals surface area contributed by atoms with Crippen molar-refractivity contribution in [1.82, 2.24) is 10.6 Å². The van der Waals surface area contributed by atoms with Crippen molar-refractivity contribution in [2.45, 2.75) is 35.4 Å². The molecule has 0 spiro atoms. The van der Waals surface area contributed by atoms with Gasteiger partial charge in [-0.3, -0.25) is 9.59 Å². The molecule has 0 aromatic heterocycles. The highest BCUT2D eigenvalue weighted by Gasteiger charge is 2.68. The van der Waals surface area contributed by atoms with E-state index >= 15 is 0 Å². The predicted molar refractivity (Wildman–Crippen MR) is 80.3 cm³/mol. The highest BCUT2D eigenvalue weighted by molar-refractivity contribution is 6.53. The van der Waals surface area contributed by atoms with Crippen molar-refractivity contribution in [3.05, 3.63) is 0 Å². The summed E-state index contributed by atoms with van der Waals surface area (Å²) in [6.07, 6.45) is 0.862. The monoisotopic (exact) mass is 360 g/mol. The Bertz CT molecular complexity index is 426. The normalized spacial score (nSPS) is 36.1. The second-order valence-corrected chi connectivity index (χ2v) is 8.91. The molecule has 0 bridgehead atoms. The van der Waals surface area contributed by atoms with Crippen LogP contribution in [0.2, 0.25) is 0 Å². The maximum atomic E-state index is 11.9. The van der Waals surface area contributed by atoms with Gasteiger partial charge in [0, 0.05) is 13.1 Å². The van der Waals surface area contributed by atoms with E-state index < -0.39 is 19.5 Å². The minimum Gasteiger partial charge on any atom is -0.354 e. The largest absolute Gasteiger partial charge is 0.354 e. The topological polar surface area (TPSA) is 58.2 Å². The molecule has 2 N–H and O–H groups in total. The Morgan fingerprint density at radius 1 is 0.850 bits per heavy atom. The molecule has 2 saturated carbocycles. The lowest BCUT2D eigenvalue weighted by Gasteiger charge is -2.15. The molecular formula is C12H16Cl4N2O2. The molecule has 0 aromatic rings. The zero-order valence-electron chi connectivity index (χ0n) is 11.2. The Morgan fingerprint density at radius 3 is 1.30 bits per heavy atom. The van der Waals surface area contributed by atoms with Crippen LogP contribution in [0.5, 0.6) is 0 Å². The summed E-state index contributed by atoms with van der Waals surface area (Å²) < 4.78 is -1.97. The van der Waals surface area contributed by atoms with Gasteiger partial charge < -0.3 is 10.6 Å². The van der Waals surface area contributed by atoms with Crippen LogP contribution in [-0.4, -0.2) is 33.6 Å². The van der Waals surface area contributed by atoms with Crippen LogP contribution in [0.25, 0.3) is 0 Å². The summed E-state index contributed by atoms with van der Waals surface area (Å²) in [6, 6.07) is 0. The third kappa shape index (κ3) is 2.60. The molecule has 0 saturated heterocycles. The Labute approximate surface area is 137 Å². The van der Waals surface area contributed by atoms with E-state index in [0.717, 1.165) is 0 Å². The number of hydrogen-bond acceptors (Lipinski definition) is 2. The SMILES string of the molecule is CC1(C(=O)NCCNC(=O)C2(C)CC2(Cl)Cl)CC1(Cl)Cl. The van der Waals surface area contributed by atoms with Crippen molar-refractivity contribution >= 4 is 58.2 Å². The van der Waals surface area contributed by atoms with Crippen LogP contribution in [0.4, 0.5) is 0 Å². The van der Waals surface area contributed by atoms with E-state index in [9.17, 15) is 9.59 Å². The third-order valence-corrected chi connectivity index (χ3v) is 6.42. The summed E-state index contributed by atoms with van der Waals surface area (Å²) in [5, 5.41) is 5.40. The highest BCUT2D eigenvalue weighted by Crippen LogP contribution is 2.64. The molecule has 2 unspecified atom stereocenters. The number of alkyl halides is 4. The molecule has 0 aliphatic heterocycles. The number of amides is 2. The summed E-state index contributed by atoms with van der Waals surface area (Å²) in [5.41, 5.74) is -1.49. The first kappa shape index (κ1) is 16.5. The van der Waals surface area contributed by atoms with Gasteiger partial charge in [-0.25, -0.2) is 0 Å². The molecule has 8 heteroatoms. The first-order valence-electron chi connectivity index (χ1n) is 6.29. The molecule has 0 aromatic carbocycles. The highest BCUT2D eigenvalue weighted by atomic mass is 35.5. The molecule has 2 amide bonds. The summed E-state index contributed by atoms with van der Waals surface area (Å²) in [4.78, 5) is 23.7. The Balaban J connectivity index is 1.68. The molecule has 2 rings (SSSR count). The van der Waals surface area contributed by atoms with Crippen molar-refractivity contribution in [3.8, 4) is 0 Å². The quantitative estimate of drug-likeness (QED) is 0.583. The van der Waals surface area contributed by atoms with Gasteiger partial charge in [-0.05, 0) is 26.7 Å². The van der Waals surface area contributed by atoms with Gasteiger partial charge in [0.2, 0.25) is 11.8 Å². The number of nitrogens with one attached hydrogen (secondary N) is 2. The van der Waals surface area contributed by atoms with Gasteiger partial charge in [-0.2, -0.15) is 0 Å². The lowest BCUT2D eigenvalue weighted by molar-refractivity contribution is -0.127. The maximum Gasteiger partial charge on any atom is 0.229 e. The number of hydrogen-bond donors (Lipinski definition) is 2. The number of carbonyl (C=O) groups excluding carboxylic acids is 2. The molecule has 4 nitrogen and oxygen atoms in total. The van der Waals surface area contributed by atoms with Crippen LogP contribution in [-0.2, 0) is 9.59 Å². The number of carbonyl (C=O) groups is 2. The molecule has 2 aliphatic carbocycles. The number of halogens is 4. The summed E-state index contributed by atoms with van der Waals surface area (Å²) >= 11 is 23.6. The molecule has 20 heavy (non-hydrogen) atoms. The van der Waals surface area contributed by atoms with E-state index in [0.29, 0.717) is 25.9 Å². The number of rotatable bonds is 5. The van der Waals surface area contributed by atoms with E-state index in [1.165, 1.54) is 0 Å². The van der Waals surface area contributed by atoms with Crippen LogP contribution < -0.4 is 10.6 Å². The smallest absolute Gasteiger partial charge is 0.229 e. The molecule has 0 heterocycles. The molecular weight excluding hydrogens is 346 g/mol. The van der Waals surface area contributed by atoms with Gasteiger partial charge in [0.15, 0.2) is 0 Å². The van der Waals surface area contributed by atoms with Crippen molar-refractivity contribution in [2.75, 3.05) is 13.1 Å². The van der Waals surface area contributed by atoms with Crippen LogP contribution in [0.15, 0.2) is 0 Å². The molecule has 2 fully saturated rings. The lowest BCUT2D eigenvalue weighted by atomic mass is 10.1. The van der Waals surface area contributed by atoms with E-state index in [4.69, 9.17) is 46.4 Å². The van der Waals surface area contributed by atoms with Gasteiger partial charge in [0.25, 0.3) is 0 Å². The zero-order valence-corrected chi connectivity index (χ0v) is 14.2. The lowest BCUT2D eigenvalue weighted by Crippen LogP contribution is -2.41. The zero-order chi connectivity index (χ0) is 15.4. The fourth-order valence-electron chi connectivity index (χ4n) is 2.03. The van der Waals surface area contributed by atoms with E-state index in [2.05, 4.69) is 10.6 Å². The van der Waals surface area contributed by atoms with Gasteiger partial charge in [0.05, 0.1) is 10.8 Å². The van der Waals surface area contributed by atoms with E-state index in [-0.39, 0.29) is 11.8 Å². The summed E-state index contributed by atoms with van der Waals surface area (Å²) in [6.45, 7) is 4.03. The van der Waals surface area contributed by atoms with Crippen molar-refractivity contribution in [1.29, 1.82) is 0 Å². The fraction of sp³-hybridized carbons (Fsp3) is 0.833. The molecule has 2 aliphatic rings. The van der Waals surface area contributed by atoms with Gasteiger partial charge in [-0.15, -0.1) is 46.4 Å². The minimum absolute atomic E-state index is 0.210. The Kier molecular flexibility index (Phi) is 3.95. The van der Waals surface area contributed by atoms with E-state index in [1.54, 1.807) is 13.8 Å². The van der Waals surface area contributed by atoms with Crippen molar-refractivity contribution < 1.29 is 9.59 Å². The average molecular weight is 362 g/mol. The molecule has 114 valence electrons. The standard InChI is InChI=1S/C12H16Cl4N2O2/c1-9(5-11(9,13)14)7(19)17-3-4-18-8(20)10(2)6-12(10,15)16/h3-6H2,1-2H3,(H,17,19)(H,18,20). The van der Waals surface area contributed by atoms with Crippen LogP contribution in [0.3, 0.4) is 0 Å². The fourth-order valence-corrected chi connectivity index (χ4v) is 3.45. The van der Waals surface area contributed by atoms with E-state index in [1.807, 2.05) is 0 Å². The molecule has 2 atom stereocenters.